The molecule has 0 saturated carbocycles. The van der Waals surface area contributed by atoms with Crippen molar-refractivity contribution in [2.45, 2.75) is 10.8 Å². The Balaban J connectivity index is 1.49. The quantitative estimate of drug-likeness (QED) is 0.306. The lowest BCUT2D eigenvalue weighted by Gasteiger charge is -2.14. The van der Waals surface area contributed by atoms with Gasteiger partial charge in [0, 0.05) is 17.0 Å². The van der Waals surface area contributed by atoms with Gasteiger partial charge in [0.2, 0.25) is 5.75 Å². The molecule has 32 heavy (non-hydrogen) atoms. The highest BCUT2D eigenvalue weighted by molar-refractivity contribution is 7.98. The normalized spacial score (nSPS) is 10.7. The number of rotatable bonds is 8. The molecule has 0 bridgehead atoms. The molecule has 10 heteroatoms. The fourth-order valence-electron chi connectivity index (χ4n) is 3.16. The molecule has 0 spiro atoms. The minimum absolute atomic E-state index is 0.287. The van der Waals surface area contributed by atoms with E-state index >= 15 is 0 Å². The molecule has 0 aliphatic heterocycles. The zero-order chi connectivity index (χ0) is 22.5. The van der Waals surface area contributed by atoms with Crippen LogP contribution in [0.1, 0.15) is 15.9 Å². The molecule has 0 fully saturated rings. The van der Waals surface area contributed by atoms with Crippen molar-refractivity contribution in [2.75, 3.05) is 26.6 Å². The second-order valence-corrected chi connectivity index (χ2v) is 7.63. The predicted molar refractivity (Wildman–Crippen MR) is 122 cm³/mol. The first-order valence-corrected chi connectivity index (χ1v) is 10.6. The number of carbonyl (C=O) groups excluding carboxylic acids is 1. The Labute approximate surface area is 188 Å². The summed E-state index contributed by atoms with van der Waals surface area (Å²) in [6.07, 6.45) is 3.22. The summed E-state index contributed by atoms with van der Waals surface area (Å²) in [5, 5.41) is 11.5. The Bertz CT molecular complexity index is 1240. The third-order valence-corrected chi connectivity index (χ3v) is 5.78. The third kappa shape index (κ3) is 4.45. The van der Waals surface area contributed by atoms with Gasteiger partial charge in [0.05, 0.1) is 32.9 Å². The van der Waals surface area contributed by atoms with Gasteiger partial charge >= 0.3 is 0 Å². The summed E-state index contributed by atoms with van der Waals surface area (Å²) < 4.78 is 16.0. The summed E-state index contributed by atoms with van der Waals surface area (Å²) in [6, 6.07) is 10.9. The smallest absolute Gasteiger partial charge is 0.255 e. The highest BCUT2D eigenvalue weighted by Crippen LogP contribution is 2.38. The molecule has 9 nitrogen and oxygen atoms in total. The second kappa shape index (κ2) is 9.56. The van der Waals surface area contributed by atoms with Crippen LogP contribution in [0.4, 0.5) is 5.69 Å². The van der Waals surface area contributed by atoms with Crippen molar-refractivity contribution in [1.29, 1.82) is 0 Å². The van der Waals surface area contributed by atoms with Gasteiger partial charge in [0.15, 0.2) is 17.1 Å². The van der Waals surface area contributed by atoms with E-state index in [4.69, 9.17) is 14.2 Å². The van der Waals surface area contributed by atoms with E-state index in [1.54, 1.807) is 30.1 Å². The third-order valence-electron chi connectivity index (χ3n) is 4.70. The molecule has 4 rings (SSSR count). The maximum Gasteiger partial charge on any atom is 0.255 e. The summed E-state index contributed by atoms with van der Waals surface area (Å²) in [5.41, 5.74) is 2.81. The van der Waals surface area contributed by atoms with Crippen LogP contribution >= 0.6 is 11.8 Å². The lowest BCUT2D eigenvalue weighted by molar-refractivity contribution is 0.102. The number of fused-ring (bicyclic) bond motifs is 1. The second-order valence-electron chi connectivity index (χ2n) is 6.67. The monoisotopic (exact) mass is 451 g/mol. The summed E-state index contributed by atoms with van der Waals surface area (Å²) >= 11 is 1.57. The minimum Gasteiger partial charge on any atom is -0.493 e. The Hall–Kier alpha value is -3.79. The molecule has 1 amide bonds. The van der Waals surface area contributed by atoms with Crippen LogP contribution in [0.2, 0.25) is 0 Å². The zero-order valence-electron chi connectivity index (χ0n) is 17.7. The van der Waals surface area contributed by atoms with Gasteiger partial charge in [-0.05, 0) is 29.8 Å². The van der Waals surface area contributed by atoms with Crippen molar-refractivity contribution in [3.8, 4) is 17.2 Å². The van der Waals surface area contributed by atoms with Crippen LogP contribution in [0.15, 0.2) is 53.9 Å². The van der Waals surface area contributed by atoms with E-state index in [0.717, 1.165) is 16.0 Å². The lowest BCUT2D eigenvalue weighted by atomic mass is 10.1. The number of H-pyrrole nitrogens is 1. The van der Waals surface area contributed by atoms with Crippen molar-refractivity contribution >= 4 is 34.4 Å². The molecular formula is C22H21N5O4S. The maximum absolute atomic E-state index is 12.9. The largest absolute Gasteiger partial charge is 0.493 e. The van der Waals surface area contributed by atoms with Gasteiger partial charge in [-0.3, -0.25) is 9.89 Å². The molecule has 164 valence electrons. The van der Waals surface area contributed by atoms with Crippen LogP contribution in [0.3, 0.4) is 0 Å². The molecule has 2 heterocycles. The van der Waals surface area contributed by atoms with Crippen molar-refractivity contribution in [1.82, 2.24) is 20.2 Å². The first kappa shape index (κ1) is 21.4. The van der Waals surface area contributed by atoms with Crippen molar-refractivity contribution in [2.24, 2.45) is 0 Å². The highest BCUT2D eigenvalue weighted by atomic mass is 32.2. The number of methoxy groups -OCH3 is 3. The number of ether oxygens (including phenoxy) is 3. The van der Waals surface area contributed by atoms with Gasteiger partial charge in [-0.2, -0.15) is 5.10 Å². The van der Waals surface area contributed by atoms with Gasteiger partial charge in [-0.1, -0.05) is 12.1 Å². The first-order valence-electron chi connectivity index (χ1n) is 9.60. The van der Waals surface area contributed by atoms with E-state index in [9.17, 15) is 4.79 Å². The van der Waals surface area contributed by atoms with E-state index in [1.165, 1.54) is 27.7 Å². The number of aromatic amines is 1. The van der Waals surface area contributed by atoms with Gasteiger partial charge in [0.25, 0.3) is 5.91 Å². The number of nitrogens with zero attached hydrogens (tertiary/aromatic N) is 3. The number of aromatic nitrogens is 4. The average molecular weight is 452 g/mol. The number of nitrogens with one attached hydrogen (secondary N) is 2. The van der Waals surface area contributed by atoms with Gasteiger partial charge in [-0.25, -0.2) is 9.97 Å². The standard InChI is InChI=1S/C22H21N5O4S/c1-29-17-8-14(9-18(30-2)19(17)31-3)21(28)26-15-6-4-5-13(7-15)11-32-22-16-10-25-27-20(16)23-12-24-22/h4-10,12H,11H2,1-3H3,(H,26,28)(H,23,24,25,27). The van der Waals surface area contributed by atoms with E-state index in [-0.39, 0.29) is 5.91 Å². The van der Waals surface area contributed by atoms with Gasteiger partial charge in [-0.15, -0.1) is 11.8 Å². The van der Waals surface area contributed by atoms with Gasteiger partial charge < -0.3 is 19.5 Å². The number of carbonyl (C=O) groups is 1. The number of hydrogen-bond acceptors (Lipinski definition) is 8. The molecule has 0 aliphatic carbocycles. The van der Waals surface area contributed by atoms with Crippen LogP contribution in [0.5, 0.6) is 17.2 Å². The molecule has 2 N–H and O–H groups in total. The summed E-state index contributed by atoms with van der Waals surface area (Å²) in [4.78, 5) is 21.4. The molecule has 0 atom stereocenters. The predicted octanol–water partition coefficient (Wildman–Crippen LogP) is 3.92. The fraction of sp³-hybridized carbons (Fsp3) is 0.182. The highest BCUT2D eigenvalue weighted by Gasteiger charge is 2.17. The molecule has 0 saturated heterocycles. The Morgan fingerprint density at radius 3 is 2.56 bits per heavy atom. The average Bonchev–Trinajstić information content (AvgIpc) is 3.31. The summed E-state index contributed by atoms with van der Waals surface area (Å²) in [7, 11) is 4.53. The number of amides is 1. The Morgan fingerprint density at radius 2 is 1.84 bits per heavy atom. The van der Waals surface area contributed by atoms with Crippen molar-refractivity contribution < 1.29 is 19.0 Å². The molecule has 4 aromatic rings. The Morgan fingerprint density at radius 1 is 1.06 bits per heavy atom. The van der Waals surface area contributed by atoms with Crippen molar-refractivity contribution in [3.05, 3.63) is 60.0 Å². The zero-order valence-corrected chi connectivity index (χ0v) is 18.5. The fourth-order valence-corrected chi connectivity index (χ4v) is 4.07. The summed E-state index contributed by atoms with van der Waals surface area (Å²) in [5.74, 6) is 1.65. The van der Waals surface area contributed by atoms with Gasteiger partial charge in [0.1, 0.15) is 11.4 Å². The number of thioether (sulfide) groups is 1. The molecule has 2 aromatic heterocycles. The SMILES string of the molecule is COc1cc(C(=O)Nc2cccc(CSc3ncnc4[nH]ncc34)c2)cc(OC)c1OC. The number of benzene rings is 2. The number of hydrogen-bond donors (Lipinski definition) is 2. The van der Waals surface area contributed by atoms with Crippen LogP contribution < -0.4 is 19.5 Å². The minimum atomic E-state index is -0.287. The van der Waals surface area contributed by atoms with E-state index < -0.39 is 0 Å². The molecule has 0 radical (unpaired) electrons. The van der Waals surface area contributed by atoms with Crippen LogP contribution in [0.25, 0.3) is 11.0 Å². The van der Waals surface area contributed by atoms with E-state index in [0.29, 0.717) is 39.9 Å². The molecule has 0 aliphatic rings. The molecule has 0 unspecified atom stereocenters. The summed E-state index contributed by atoms with van der Waals surface area (Å²) in [6.45, 7) is 0. The maximum atomic E-state index is 12.9. The first-order chi connectivity index (χ1) is 15.6. The molecule has 2 aromatic carbocycles. The molecular weight excluding hydrogens is 430 g/mol. The lowest BCUT2D eigenvalue weighted by Crippen LogP contribution is -2.12. The van der Waals surface area contributed by atoms with E-state index in [1.807, 2.05) is 24.3 Å². The Kier molecular flexibility index (Phi) is 6.41. The van der Waals surface area contributed by atoms with E-state index in [2.05, 4.69) is 25.5 Å². The topological polar surface area (TPSA) is 111 Å². The van der Waals surface area contributed by atoms with Crippen LogP contribution in [-0.2, 0) is 5.75 Å². The van der Waals surface area contributed by atoms with Crippen LogP contribution in [0, 0.1) is 0 Å². The van der Waals surface area contributed by atoms with Crippen molar-refractivity contribution in [3.63, 3.8) is 0 Å². The number of anilines is 1. The van der Waals surface area contributed by atoms with Crippen LogP contribution in [-0.4, -0.2) is 47.4 Å².